The second kappa shape index (κ2) is 8.00. The molecule has 1 aromatic rings. The summed E-state index contributed by atoms with van der Waals surface area (Å²) in [5, 5.41) is 22.4. The van der Waals surface area contributed by atoms with Crippen molar-refractivity contribution in [3.63, 3.8) is 0 Å². The first-order valence-corrected chi connectivity index (χ1v) is 6.21. The Morgan fingerprint density at radius 3 is 2.65 bits per heavy atom. The highest BCUT2D eigenvalue weighted by Gasteiger charge is 2.19. The van der Waals surface area contributed by atoms with Gasteiger partial charge in [0.25, 0.3) is 0 Å². The highest BCUT2D eigenvalue weighted by molar-refractivity contribution is 5.93. The van der Waals surface area contributed by atoms with Crippen LogP contribution in [0.5, 0.6) is 5.75 Å². The maximum Gasteiger partial charge on any atom is 0.326 e. The highest BCUT2D eigenvalue weighted by atomic mass is 16.5. The number of aliphatic hydroxyl groups is 1. The Labute approximate surface area is 116 Å². The predicted octanol–water partition coefficient (Wildman–Crippen LogP) is 1.04. The summed E-state index contributed by atoms with van der Waals surface area (Å²) in [5.74, 6) is -0.702. The molecule has 0 aromatic heterocycles. The lowest BCUT2D eigenvalue weighted by Crippen LogP contribution is -2.43. The molecular weight excluding hydrogens is 264 g/mol. The Kier molecular flexibility index (Phi) is 6.31. The molecule has 0 saturated carbocycles. The number of amides is 2. The van der Waals surface area contributed by atoms with Gasteiger partial charge in [-0.25, -0.2) is 9.59 Å². The van der Waals surface area contributed by atoms with Crippen molar-refractivity contribution < 1.29 is 24.5 Å². The van der Waals surface area contributed by atoms with Crippen molar-refractivity contribution in [2.75, 3.05) is 18.5 Å². The number of urea groups is 1. The first-order chi connectivity index (χ1) is 9.58. The van der Waals surface area contributed by atoms with E-state index in [1.165, 1.54) is 0 Å². The molecule has 110 valence electrons. The number of ether oxygens (including phenoxy) is 1. The van der Waals surface area contributed by atoms with Crippen molar-refractivity contribution in [3.8, 4) is 5.75 Å². The molecule has 1 aromatic carbocycles. The van der Waals surface area contributed by atoms with E-state index < -0.39 is 18.0 Å². The first-order valence-electron chi connectivity index (χ1n) is 6.21. The molecule has 1 rings (SSSR count). The van der Waals surface area contributed by atoms with Gasteiger partial charge in [-0.3, -0.25) is 0 Å². The van der Waals surface area contributed by atoms with Crippen molar-refractivity contribution in [3.05, 3.63) is 24.3 Å². The van der Waals surface area contributed by atoms with Gasteiger partial charge in [-0.2, -0.15) is 0 Å². The first kappa shape index (κ1) is 15.8. The Balaban J connectivity index is 2.68. The van der Waals surface area contributed by atoms with Crippen LogP contribution < -0.4 is 15.4 Å². The molecule has 0 fully saturated rings. The highest BCUT2D eigenvalue weighted by Crippen LogP contribution is 2.23. The lowest BCUT2D eigenvalue weighted by atomic mass is 10.2. The third kappa shape index (κ3) is 4.77. The molecule has 1 atom stereocenters. The van der Waals surface area contributed by atoms with Gasteiger partial charge in [0, 0.05) is 13.0 Å². The van der Waals surface area contributed by atoms with Crippen molar-refractivity contribution >= 4 is 17.7 Å². The monoisotopic (exact) mass is 282 g/mol. The van der Waals surface area contributed by atoms with E-state index in [1.54, 1.807) is 24.3 Å². The molecule has 4 N–H and O–H groups in total. The Hall–Kier alpha value is -2.28. The minimum absolute atomic E-state index is 0.0597. The minimum Gasteiger partial charge on any atom is -0.492 e. The summed E-state index contributed by atoms with van der Waals surface area (Å²) in [6, 6.07) is 5.02. The number of carboxylic acid groups (broad SMARTS) is 1. The summed E-state index contributed by atoms with van der Waals surface area (Å²) < 4.78 is 5.34. The van der Waals surface area contributed by atoms with Gasteiger partial charge in [-0.15, -0.1) is 0 Å². The van der Waals surface area contributed by atoms with Crippen LogP contribution in [0.15, 0.2) is 24.3 Å². The third-order valence-electron chi connectivity index (χ3n) is 2.46. The molecule has 0 bridgehead atoms. The van der Waals surface area contributed by atoms with Crippen LogP contribution in [0, 0.1) is 0 Å². The van der Waals surface area contributed by atoms with E-state index in [4.69, 9.17) is 14.9 Å². The zero-order chi connectivity index (χ0) is 15.0. The fraction of sp³-hybridized carbons (Fsp3) is 0.385. The molecule has 0 radical (unpaired) electrons. The van der Waals surface area contributed by atoms with Gasteiger partial charge >= 0.3 is 12.0 Å². The SMILES string of the molecule is CCOc1ccccc1NC(=O)NC(CCO)C(=O)O. The van der Waals surface area contributed by atoms with E-state index in [9.17, 15) is 9.59 Å². The number of hydrogen-bond donors (Lipinski definition) is 4. The van der Waals surface area contributed by atoms with Gasteiger partial charge in [-0.05, 0) is 19.1 Å². The number of carbonyl (C=O) groups excluding carboxylic acids is 1. The Bertz CT molecular complexity index is 464. The summed E-state index contributed by atoms with van der Waals surface area (Å²) >= 11 is 0. The maximum atomic E-state index is 11.7. The summed E-state index contributed by atoms with van der Waals surface area (Å²) in [5.41, 5.74) is 0.444. The normalized spacial score (nSPS) is 11.5. The van der Waals surface area contributed by atoms with E-state index in [0.717, 1.165) is 0 Å². The lowest BCUT2D eigenvalue weighted by Gasteiger charge is -2.15. The molecule has 0 saturated heterocycles. The molecule has 1 unspecified atom stereocenters. The number of hydrogen-bond acceptors (Lipinski definition) is 4. The largest absolute Gasteiger partial charge is 0.492 e. The number of rotatable bonds is 7. The lowest BCUT2D eigenvalue weighted by molar-refractivity contribution is -0.139. The van der Waals surface area contributed by atoms with Gasteiger partial charge in [0.1, 0.15) is 11.8 Å². The molecule has 0 aliphatic rings. The zero-order valence-corrected chi connectivity index (χ0v) is 11.1. The van der Waals surface area contributed by atoms with Crippen LogP contribution in [0.25, 0.3) is 0 Å². The quantitative estimate of drug-likeness (QED) is 0.597. The van der Waals surface area contributed by atoms with Crippen LogP contribution >= 0.6 is 0 Å². The second-order valence-corrected chi connectivity index (χ2v) is 3.93. The maximum absolute atomic E-state index is 11.7. The van der Waals surface area contributed by atoms with Gasteiger partial charge < -0.3 is 25.6 Å². The fourth-order valence-corrected chi connectivity index (χ4v) is 1.55. The number of aliphatic carboxylic acids is 1. The molecule has 0 aliphatic heterocycles. The van der Waals surface area contributed by atoms with E-state index >= 15 is 0 Å². The Morgan fingerprint density at radius 2 is 2.05 bits per heavy atom. The number of nitrogens with one attached hydrogen (secondary N) is 2. The molecule has 0 spiro atoms. The number of benzene rings is 1. The molecule has 7 nitrogen and oxygen atoms in total. The van der Waals surface area contributed by atoms with E-state index in [2.05, 4.69) is 10.6 Å². The number of para-hydroxylation sites is 2. The minimum atomic E-state index is -1.20. The molecule has 7 heteroatoms. The number of carbonyl (C=O) groups is 2. The van der Waals surface area contributed by atoms with Crippen LogP contribution in [0.1, 0.15) is 13.3 Å². The van der Waals surface area contributed by atoms with Gasteiger partial charge in [0.2, 0.25) is 0 Å². The molecular formula is C13H18N2O5. The number of anilines is 1. The van der Waals surface area contributed by atoms with Crippen molar-refractivity contribution in [2.24, 2.45) is 0 Å². The van der Waals surface area contributed by atoms with E-state index in [0.29, 0.717) is 18.0 Å². The topological polar surface area (TPSA) is 108 Å². The number of aliphatic hydroxyl groups excluding tert-OH is 1. The van der Waals surface area contributed by atoms with Crippen LogP contribution in [0.3, 0.4) is 0 Å². The average Bonchev–Trinajstić information content (AvgIpc) is 2.40. The van der Waals surface area contributed by atoms with E-state index in [-0.39, 0.29) is 13.0 Å². The molecule has 0 aliphatic carbocycles. The van der Waals surface area contributed by atoms with Gasteiger partial charge in [-0.1, -0.05) is 12.1 Å². The van der Waals surface area contributed by atoms with Crippen LogP contribution in [0.4, 0.5) is 10.5 Å². The smallest absolute Gasteiger partial charge is 0.326 e. The third-order valence-corrected chi connectivity index (χ3v) is 2.46. The number of carboxylic acids is 1. The Morgan fingerprint density at radius 1 is 1.35 bits per heavy atom. The van der Waals surface area contributed by atoms with E-state index in [1.807, 2.05) is 6.92 Å². The predicted molar refractivity (Wildman–Crippen MR) is 72.9 cm³/mol. The average molecular weight is 282 g/mol. The van der Waals surface area contributed by atoms with Crippen LogP contribution in [-0.2, 0) is 4.79 Å². The van der Waals surface area contributed by atoms with Gasteiger partial charge in [0.05, 0.1) is 12.3 Å². The van der Waals surface area contributed by atoms with Crippen molar-refractivity contribution in [1.29, 1.82) is 0 Å². The van der Waals surface area contributed by atoms with Crippen LogP contribution in [0.2, 0.25) is 0 Å². The summed E-state index contributed by atoms with van der Waals surface area (Å²) in [7, 11) is 0. The molecule has 0 heterocycles. The van der Waals surface area contributed by atoms with Crippen LogP contribution in [-0.4, -0.2) is 41.5 Å². The van der Waals surface area contributed by atoms with Gasteiger partial charge in [0.15, 0.2) is 0 Å². The summed E-state index contributed by atoms with van der Waals surface area (Å²) in [4.78, 5) is 22.6. The van der Waals surface area contributed by atoms with Crippen molar-refractivity contribution in [2.45, 2.75) is 19.4 Å². The molecule has 2 amide bonds. The molecule has 20 heavy (non-hydrogen) atoms. The zero-order valence-electron chi connectivity index (χ0n) is 11.1. The standard InChI is InChI=1S/C13H18N2O5/c1-2-20-11-6-4-3-5-9(11)14-13(19)15-10(7-8-16)12(17)18/h3-6,10,16H,2,7-8H2,1H3,(H,17,18)(H2,14,15,19). The second-order valence-electron chi connectivity index (χ2n) is 3.93. The summed E-state index contributed by atoms with van der Waals surface area (Å²) in [6.07, 6.45) is -0.0597. The van der Waals surface area contributed by atoms with Crippen molar-refractivity contribution in [1.82, 2.24) is 5.32 Å². The summed E-state index contributed by atoms with van der Waals surface area (Å²) in [6.45, 7) is 1.94. The fourth-order valence-electron chi connectivity index (χ4n) is 1.55.